The number of piperazine rings is 2. The number of amides is 2. The summed E-state index contributed by atoms with van der Waals surface area (Å²) in [7, 11) is 3.22. The van der Waals surface area contributed by atoms with Crippen LogP contribution in [0.2, 0.25) is 0 Å². The number of nitrogens with zero attached hydrogens (tertiary/aromatic N) is 6. The van der Waals surface area contributed by atoms with Crippen molar-refractivity contribution in [3.63, 3.8) is 0 Å². The minimum atomic E-state index is -0.470. The summed E-state index contributed by atoms with van der Waals surface area (Å²) in [6, 6.07) is 11.7. The normalized spacial score (nSPS) is 15.1. The van der Waals surface area contributed by atoms with Crippen LogP contribution in [0.4, 0.5) is 34.5 Å². The first-order valence-corrected chi connectivity index (χ1v) is 14.8. The van der Waals surface area contributed by atoms with E-state index in [1.54, 1.807) is 30.2 Å². The Morgan fingerprint density at radius 3 is 1.67 bits per heavy atom. The van der Waals surface area contributed by atoms with Crippen molar-refractivity contribution >= 4 is 46.3 Å². The molecular formula is C31H40N8O6. The van der Waals surface area contributed by atoms with E-state index in [0.29, 0.717) is 81.3 Å². The topological polar surface area (TPSA) is 156 Å². The number of rotatable bonds is 10. The lowest BCUT2D eigenvalue weighted by Crippen LogP contribution is -2.49. The number of aromatic nitrogens is 2. The third kappa shape index (κ3) is 7.29. The number of anilines is 6. The number of carbonyl (C=O) groups is 2. The molecule has 0 radical (unpaired) electrons. The number of nitrogens with one attached hydrogen (secondary N) is 2. The fourth-order valence-corrected chi connectivity index (χ4v) is 5.46. The molecule has 2 amide bonds. The molecule has 0 aliphatic carbocycles. The SMILES string of the molecule is COc1cc(N2CCN(C(=O)CO)CC2)ccc1Nc1ncc(C)c(Nc2ccc(N3CCN(C(=O)CO)CC3)cc2OC)n1. The largest absolute Gasteiger partial charge is 0.494 e. The molecule has 0 spiro atoms. The second-order valence-corrected chi connectivity index (χ2v) is 10.8. The molecular weight excluding hydrogens is 580 g/mol. The zero-order chi connectivity index (χ0) is 31.9. The molecule has 2 aliphatic heterocycles. The van der Waals surface area contributed by atoms with Crippen LogP contribution in [0.5, 0.6) is 11.5 Å². The predicted octanol–water partition coefficient (Wildman–Crippen LogP) is 1.57. The molecule has 2 aromatic carbocycles. The molecule has 0 unspecified atom stereocenters. The van der Waals surface area contributed by atoms with E-state index in [2.05, 4.69) is 25.4 Å². The van der Waals surface area contributed by atoms with Gasteiger partial charge in [0.1, 0.15) is 30.5 Å². The third-order valence-electron chi connectivity index (χ3n) is 8.11. The van der Waals surface area contributed by atoms with E-state index >= 15 is 0 Å². The minimum Gasteiger partial charge on any atom is -0.494 e. The van der Waals surface area contributed by atoms with Gasteiger partial charge in [0.05, 0.1) is 25.6 Å². The molecule has 240 valence electrons. The maximum Gasteiger partial charge on any atom is 0.248 e. The molecule has 2 saturated heterocycles. The zero-order valence-electron chi connectivity index (χ0n) is 25.8. The van der Waals surface area contributed by atoms with Gasteiger partial charge < -0.3 is 49.9 Å². The van der Waals surface area contributed by atoms with Gasteiger partial charge in [-0.05, 0) is 31.2 Å². The molecule has 5 rings (SSSR count). The van der Waals surface area contributed by atoms with Gasteiger partial charge in [-0.3, -0.25) is 9.59 Å². The Kier molecular flexibility index (Phi) is 10.0. The molecule has 3 heterocycles. The van der Waals surface area contributed by atoms with Crippen molar-refractivity contribution in [2.75, 3.05) is 100 Å². The van der Waals surface area contributed by atoms with E-state index in [9.17, 15) is 9.59 Å². The van der Waals surface area contributed by atoms with Gasteiger partial charge in [-0.2, -0.15) is 4.98 Å². The van der Waals surface area contributed by atoms with Gasteiger partial charge in [-0.25, -0.2) is 4.98 Å². The zero-order valence-corrected chi connectivity index (χ0v) is 25.8. The van der Waals surface area contributed by atoms with Crippen LogP contribution in [0.1, 0.15) is 5.56 Å². The first-order chi connectivity index (χ1) is 21.8. The van der Waals surface area contributed by atoms with Crippen molar-refractivity contribution in [1.82, 2.24) is 19.8 Å². The van der Waals surface area contributed by atoms with E-state index in [1.165, 1.54) is 0 Å². The summed E-state index contributed by atoms with van der Waals surface area (Å²) in [5, 5.41) is 24.9. The van der Waals surface area contributed by atoms with Crippen molar-refractivity contribution < 1.29 is 29.3 Å². The van der Waals surface area contributed by atoms with Gasteiger partial charge in [0.25, 0.3) is 0 Å². The summed E-state index contributed by atoms with van der Waals surface area (Å²) in [5.74, 6) is 1.77. The number of methoxy groups -OCH3 is 2. The number of benzene rings is 2. The average Bonchev–Trinajstić information content (AvgIpc) is 3.09. The number of aliphatic hydroxyl groups excluding tert-OH is 2. The molecule has 0 saturated carbocycles. The van der Waals surface area contributed by atoms with E-state index in [1.807, 2.05) is 43.3 Å². The highest BCUT2D eigenvalue weighted by Gasteiger charge is 2.23. The average molecular weight is 621 g/mol. The minimum absolute atomic E-state index is 0.250. The number of aliphatic hydroxyl groups is 2. The van der Waals surface area contributed by atoms with Crippen LogP contribution >= 0.6 is 0 Å². The Labute approximate surface area is 262 Å². The van der Waals surface area contributed by atoms with Crippen molar-refractivity contribution in [3.8, 4) is 11.5 Å². The predicted molar refractivity (Wildman–Crippen MR) is 171 cm³/mol. The van der Waals surface area contributed by atoms with E-state index in [4.69, 9.17) is 24.7 Å². The van der Waals surface area contributed by atoms with Crippen LogP contribution < -0.4 is 29.9 Å². The lowest BCUT2D eigenvalue weighted by atomic mass is 10.2. The second kappa shape index (κ2) is 14.3. The van der Waals surface area contributed by atoms with Gasteiger partial charge in [-0.1, -0.05) is 0 Å². The monoisotopic (exact) mass is 620 g/mol. The smallest absolute Gasteiger partial charge is 0.248 e. The molecule has 45 heavy (non-hydrogen) atoms. The Morgan fingerprint density at radius 1 is 0.756 bits per heavy atom. The van der Waals surface area contributed by atoms with Gasteiger partial charge in [0.15, 0.2) is 0 Å². The lowest BCUT2D eigenvalue weighted by molar-refractivity contribution is -0.135. The number of hydrogen-bond donors (Lipinski definition) is 4. The molecule has 3 aromatic rings. The highest BCUT2D eigenvalue weighted by molar-refractivity contribution is 5.78. The van der Waals surface area contributed by atoms with Gasteiger partial charge in [0, 0.05) is 87.6 Å². The Hall–Kier alpha value is -4.82. The molecule has 0 bridgehead atoms. The molecule has 4 N–H and O–H groups in total. The maximum absolute atomic E-state index is 11.8. The molecule has 0 atom stereocenters. The van der Waals surface area contributed by atoms with Crippen LogP contribution in [-0.4, -0.2) is 122 Å². The third-order valence-corrected chi connectivity index (χ3v) is 8.11. The fourth-order valence-electron chi connectivity index (χ4n) is 5.46. The highest BCUT2D eigenvalue weighted by Crippen LogP contribution is 2.35. The molecule has 14 heteroatoms. The summed E-state index contributed by atoms with van der Waals surface area (Å²) in [6.45, 7) is 5.82. The van der Waals surface area contributed by atoms with Crippen molar-refractivity contribution in [2.24, 2.45) is 0 Å². The number of aryl methyl sites for hydroxylation is 1. The molecule has 14 nitrogen and oxygen atoms in total. The molecule has 1 aromatic heterocycles. The van der Waals surface area contributed by atoms with E-state index in [-0.39, 0.29) is 11.8 Å². The van der Waals surface area contributed by atoms with Crippen LogP contribution in [-0.2, 0) is 9.59 Å². The second-order valence-electron chi connectivity index (χ2n) is 10.8. The lowest BCUT2D eigenvalue weighted by Gasteiger charge is -2.36. The van der Waals surface area contributed by atoms with Crippen molar-refractivity contribution in [3.05, 3.63) is 48.2 Å². The Balaban J connectivity index is 1.26. The number of ether oxygens (including phenoxy) is 2. The number of carbonyl (C=O) groups excluding carboxylic acids is 2. The van der Waals surface area contributed by atoms with Gasteiger partial charge in [0.2, 0.25) is 17.8 Å². The first-order valence-electron chi connectivity index (χ1n) is 14.8. The fraction of sp³-hybridized carbons (Fsp3) is 0.419. The van der Waals surface area contributed by atoms with Crippen molar-refractivity contribution in [2.45, 2.75) is 6.92 Å². The summed E-state index contributed by atoms with van der Waals surface area (Å²) in [4.78, 5) is 40.5. The summed E-state index contributed by atoms with van der Waals surface area (Å²) in [5.41, 5.74) is 4.24. The quantitative estimate of drug-likeness (QED) is 0.260. The summed E-state index contributed by atoms with van der Waals surface area (Å²) >= 11 is 0. The Bertz CT molecular complexity index is 1510. The van der Waals surface area contributed by atoms with E-state index in [0.717, 1.165) is 22.6 Å². The maximum atomic E-state index is 11.8. The van der Waals surface area contributed by atoms with E-state index < -0.39 is 13.2 Å². The van der Waals surface area contributed by atoms with Crippen LogP contribution in [0.25, 0.3) is 0 Å². The van der Waals surface area contributed by atoms with Crippen molar-refractivity contribution in [1.29, 1.82) is 0 Å². The van der Waals surface area contributed by atoms with Crippen LogP contribution in [0.3, 0.4) is 0 Å². The van der Waals surface area contributed by atoms with Crippen LogP contribution in [0.15, 0.2) is 42.6 Å². The summed E-state index contributed by atoms with van der Waals surface area (Å²) in [6.07, 6.45) is 1.74. The molecule has 2 aliphatic rings. The van der Waals surface area contributed by atoms with Gasteiger partial charge in [-0.15, -0.1) is 0 Å². The summed E-state index contributed by atoms with van der Waals surface area (Å²) < 4.78 is 11.4. The molecule has 2 fully saturated rings. The number of hydrogen-bond acceptors (Lipinski definition) is 12. The standard InChI is InChI=1S/C31H40N8O6/c1-21-18-32-31(34-25-7-5-23(17-27(25)45-3)37-10-14-39(15-11-37)29(43)20-41)35-30(21)33-24-6-4-22(16-26(24)44-2)36-8-12-38(13-9-36)28(42)19-40/h4-7,16-18,40-41H,8-15,19-20H2,1-3H3,(H2,32,33,34,35). The Morgan fingerprint density at radius 2 is 1.22 bits per heavy atom. The highest BCUT2D eigenvalue weighted by atomic mass is 16.5. The van der Waals surface area contributed by atoms with Crippen LogP contribution in [0, 0.1) is 6.92 Å². The first kappa shape index (κ1) is 31.6. The van der Waals surface area contributed by atoms with Gasteiger partial charge >= 0.3 is 0 Å².